The number of rotatable bonds is 2. The Labute approximate surface area is 83.3 Å². The maximum Gasteiger partial charge on any atom is 0.417 e. The molecule has 0 aliphatic carbocycles. The van der Waals surface area contributed by atoms with Gasteiger partial charge in [-0.05, 0) is 11.6 Å². The van der Waals surface area contributed by atoms with Crippen LogP contribution in [0.4, 0.5) is 13.2 Å². The summed E-state index contributed by atoms with van der Waals surface area (Å²) in [5.41, 5.74) is 2.67. The molecule has 1 rings (SSSR count). The zero-order valence-corrected chi connectivity index (χ0v) is 7.47. The van der Waals surface area contributed by atoms with Gasteiger partial charge in [-0.25, -0.2) is 5.11 Å². The molecule has 15 heavy (non-hydrogen) atoms. The van der Waals surface area contributed by atoms with Crippen molar-refractivity contribution in [2.75, 3.05) is 0 Å². The summed E-state index contributed by atoms with van der Waals surface area (Å²) in [4.78, 5) is 10.8. The zero-order chi connectivity index (χ0) is 11.6. The average Bonchev–Trinajstić information content (AvgIpc) is 2.15. The van der Waals surface area contributed by atoms with E-state index in [1.54, 1.807) is 0 Å². The van der Waals surface area contributed by atoms with Gasteiger partial charge in [0, 0.05) is 0 Å². The van der Waals surface area contributed by atoms with E-state index in [1.807, 2.05) is 0 Å². The molecule has 0 bridgehead atoms. The highest BCUT2D eigenvalue weighted by Gasteiger charge is 2.35. The van der Waals surface area contributed by atoms with Crippen LogP contribution in [0.1, 0.15) is 21.5 Å². The quantitative estimate of drug-likeness (QED) is 0.807. The first-order valence-electron chi connectivity index (χ1n) is 3.95. The Kier molecular flexibility index (Phi) is 2.99. The van der Waals surface area contributed by atoms with Gasteiger partial charge in [0.2, 0.25) is 5.91 Å². The number of hydrogen-bond acceptors (Lipinski definition) is 1. The third-order valence-corrected chi connectivity index (χ3v) is 1.86. The Morgan fingerprint density at radius 3 is 2.33 bits per heavy atom. The van der Waals surface area contributed by atoms with Crippen LogP contribution >= 0.6 is 0 Å². The summed E-state index contributed by atoms with van der Waals surface area (Å²) >= 11 is 0. The van der Waals surface area contributed by atoms with Crippen LogP contribution in [0.3, 0.4) is 0 Å². The fraction of sp³-hybridized carbons (Fsp3) is 0.222. The summed E-state index contributed by atoms with van der Waals surface area (Å²) in [6.07, 6.45) is -4.68. The molecule has 0 spiro atoms. The normalized spacial score (nSPS) is 11.5. The maximum absolute atomic E-state index is 12.4. The predicted octanol–water partition coefficient (Wildman–Crippen LogP) is 1.73. The predicted molar refractivity (Wildman–Crippen MR) is 44.4 cm³/mol. The van der Waals surface area contributed by atoms with Crippen LogP contribution in [-0.2, 0) is 17.9 Å². The van der Waals surface area contributed by atoms with E-state index in [4.69, 9.17) is 5.73 Å². The van der Waals surface area contributed by atoms with E-state index in [1.165, 1.54) is 0 Å². The van der Waals surface area contributed by atoms with E-state index >= 15 is 0 Å². The van der Waals surface area contributed by atoms with Crippen LogP contribution in [0.15, 0.2) is 18.2 Å². The first-order chi connectivity index (χ1) is 6.88. The second-order valence-electron chi connectivity index (χ2n) is 2.85. The summed E-state index contributed by atoms with van der Waals surface area (Å²) < 4.78 is 37.2. The smallest absolute Gasteiger partial charge is 0.366 e. The minimum Gasteiger partial charge on any atom is -0.366 e. The summed E-state index contributed by atoms with van der Waals surface area (Å²) in [5.74, 6) is -1.24. The third-order valence-electron chi connectivity index (χ3n) is 1.86. The lowest BCUT2D eigenvalue weighted by atomic mass is 10.0. The van der Waals surface area contributed by atoms with E-state index in [0.29, 0.717) is 0 Å². The van der Waals surface area contributed by atoms with Crippen molar-refractivity contribution in [1.29, 1.82) is 0 Å². The molecule has 0 unspecified atom stereocenters. The molecule has 0 saturated heterocycles. The molecule has 0 aliphatic rings. The van der Waals surface area contributed by atoms with Crippen molar-refractivity contribution in [1.82, 2.24) is 0 Å². The Balaban J connectivity index is 3.46. The molecule has 2 N–H and O–H groups in total. The maximum atomic E-state index is 12.4. The van der Waals surface area contributed by atoms with E-state index in [-0.39, 0.29) is 5.56 Å². The van der Waals surface area contributed by atoms with Crippen LogP contribution < -0.4 is 5.73 Å². The van der Waals surface area contributed by atoms with Crippen molar-refractivity contribution in [3.8, 4) is 0 Å². The number of carbonyl (C=O) groups excluding carboxylic acids is 1. The van der Waals surface area contributed by atoms with Gasteiger partial charge in [0.1, 0.15) is 6.61 Å². The highest BCUT2D eigenvalue weighted by molar-refractivity contribution is 5.96. The molecule has 0 aliphatic heterocycles. The van der Waals surface area contributed by atoms with Gasteiger partial charge in [0.25, 0.3) is 0 Å². The summed E-state index contributed by atoms with van der Waals surface area (Å²) in [7, 11) is 0. The van der Waals surface area contributed by atoms with Gasteiger partial charge in [-0.2, -0.15) is 13.2 Å². The van der Waals surface area contributed by atoms with Gasteiger partial charge >= 0.3 is 6.18 Å². The van der Waals surface area contributed by atoms with Gasteiger partial charge in [0.15, 0.2) is 0 Å². The van der Waals surface area contributed by atoms with Crippen molar-refractivity contribution in [3.05, 3.63) is 34.9 Å². The molecule has 0 atom stereocenters. The number of halogens is 3. The second-order valence-corrected chi connectivity index (χ2v) is 2.85. The van der Waals surface area contributed by atoms with E-state index < -0.39 is 29.8 Å². The first-order valence-corrected chi connectivity index (χ1v) is 3.95. The lowest BCUT2D eigenvalue weighted by Crippen LogP contribution is -2.20. The van der Waals surface area contributed by atoms with Crippen molar-refractivity contribution >= 4 is 5.91 Å². The van der Waals surface area contributed by atoms with Crippen molar-refractivity contribution < 1.29 is 23.1 Å². The van der Waals surface area contributed by atoms with Crippen LogP contribution in [0.5, 0.6) is 0 Å². The Bertz CT molecular complexity index is 387. The van der Waals surface area contributed by atoms with Crippen LogP contribution in [-0.4, -0.2) is 5.91 Å². The number of hydrogen-bond donors (Lipinski definition) is 1. The van der Waals surface area contributed by atoms with Crippen LogP contribution in [0.25, 0.3) is 0 Å². The minimum absolute atomic E-state index is 0.239. The number of amides is 1. The lowest BCUT2D eigenvalue weighted by Gasteiger charge is -2.12. The standard InChI is InChI=1S/C9H7F3NO2/c10-9(11,12)6-3-1-2-5(4-14)7(6)8(13)15/h1-3H,4H2,(H2,13,15). The number of benzene rings is 1. The van der Waals surface area contributed by atoms with Crippen molar-refractivity contribution in [2.24, 2.45) is 5.73 Å². The van der Waals surface area contributed by atoms with Gasteiger partial charge in [-0.3, -0.25) is 4.79 Å². The van der Waals surface area contributed by atoms with Gasteiger partial charge < -0.3 is 5.73 Å². The first kappa shape index (κ1) is 11.5. The molecule has 1 amide bonds. The summed E-state index contributed by atoms with van der Waals surface area (Å²) in [6, 6.07) is 2.95. The number of nitrogens with two attached hydrogens (primary N) is 1. The molecule has 3 nitrogen and oxygen atoms in total. The molecular formula is C9H7F3NO2. The third kappa shape index (κ3) is 2.27. The van der Waals surface area contributed by atoms with Crippen molar-refractivity contribution in [2.45, 2.75) is 12.8 Å². The van der Waals surface area contributed by atoms with E-state index in [2.05, 4.69) is 0 Å². The molecule has 0 aromatic heterocycles. The molecule has 0 saturated carbocycles. The minimum atomic E-state index is -4.68. The zero-order valence-electron chi connectivity index (χ0n) is 7.47. The van der Waals surface area contributed by atoms with Gasteiger partial charge in [0.05, 0.1) is 11.1 Å². The Morgan fingerprint density at radius 2 is 1.93 bits per heavy atom. The molecule has 0 fully saturated rings. The van der Waals surface area contributed by atoms with Crippen molar-refractivity contribution in [3.63, 3.8) is 0 Å². The Morgan fingerprint density at radius 1 is 1.33 bits per heavy atom. The molecule has 6 heteroatoms. The fourth-order valence-corrected chi connectivity index (χ4v) is 1.25. The SMILES string of the molecule is NC(=O)c1c(C[O])cccc1C(F)(F)F. The highest BCUT2D eigenvalue weighted by atomic mass is 19.4. The number of carbonyl (C=O) groups is 1. The summed E-state index contributed by atoms with van der Waals surface area (Å²) in [6.45, 7) is -0.914. The monoisotopic (exact) mass is 218 g/mol. The van der Waals surface area contributed by atoms with Crippen LogP contribution in [0.2, 0.25) is 0 Å². The van der Waals surface area contributed by atoms with Gasteiger partial charge in [-0.1, -0.05) is 12.1 Å². The van der Waals surface area contributed by atoms with E-state index in [0.717, 1.165) is 18.2 Å². The topological polar surface area (TPSA) is 63.0 Å². The number of alkyl halides is 3. The lowest BCUT2D eigenvalue weighted by molar-refractivity contribution is -0.138. The van der Waals surface area contributed by atoms with Gasteiger partial charge in [-0.15, -0.1) is 0 Å². The summed E-state index contributed by atoms with van der Waals surface area (Å²) in [5, 5.41) is 10.6. The molecular weight excluding hydrogens is 211 g/mol. The number of primary amides is 1. The molecule has 1 aromatic carbocycles. The largest absolute Gasteiger partial charge is 0.417 e. The fourth-order valence-electron chi connectivity index (χ4n) is 1.25. The molecule has 0 heterocycles. The van der Waals surface area contributed by atoms with Crippen LogP contribution in [0, 0.1) is 0 Å². The molecule has 81 valence electrons. The Hall–Kier alpha value is -1.56. The highest BCUT2D eigenvalue weighted by Crippen LogP contribution is 2.33. The molecule has 1 radical (unpaired) electrons. The second kappa shape index (κ2) is 3.90. The average molecular weight is 218 g/mol. The van der Waals surface area contributed by atoms with E-state index in [9.17, 15) is 23.1 Å². The molecule has 1 aromatic rings.